The predicted octanol–water partition coefficient (Wildman–Crippen LogP) is 5.31. The molecule has 0 amide bonds. The molecule has 0 atom stereocenters. The zero-order chi connectivity index (χ0) is 21.1. The van der Waals surface area contributed by atoms with Crippen LogP contribution in [-0.2, 0) is 0 Å². The van der Waals surface area contributed by atoms with Crippen molar-refractivity contribution >= 4 is 5.97 Å². The highest BCUT2D eigenvalue weighted by molar-refractivity contribution is 5.91. The molecule has 0 aliphatic heterocycles. The Hall–Kier alpha value is -3.66. The second-order valence-electron chi connectivity index (χ2n) is 6.02. The van der Waals surface area contributed by atoms with Crippen LogP contribution in [0.1, 0.15) is 27.0 Å². The summed E-state index contributed by atoms with van der Waals surface area (Å²) < 4.78 is 71.7. The van der Waals surface area contributed by atoms with Crippen LogP contribution in [0.15, 0.2) is 48.5 Å². The number of ether oxygens (including phenoxy) is 1. The molecule has 7 heteroatoms. The summed E-state index contributed by atoms with van der Waals surface area (Å²) in [5, 5.41) is 0. The third-order valence-electron chi connectivity index (χ3n) is 3.81. The van der Waals surface area contributed by atoms with Gasteiger partial charge in [-0.05, 0) is 48.9 Å². The fraction of sp³-hybridized carbons (Fsp3) is 0.0455. The van der Waals surface area contributed by atoms with Crippen LogP contribution < -0.4 is 4.74 Å². The maximum absolute atomic E-state index is 13.8. The maximum atomic E-state index is 13.8. The first-order valence-corrected chi connectivity index (χ1v) is 8.19. The van der Waals surface area contributed by atoms with Crippen molar-refractivity contribution in [2.45, 2.75) is 6.92 Å². The zero-order valence-electron chi connectivity index (χ0n) is 14.8. The fourth-order valence-electron chi connectivity index (χ4n) is 2.40. The molecule has 0 unspecified atom stereocenters. The lowest BCUT2D eigenvalue weighted by molar-refractivity contribution is 0.0733. The van der Waals surface area contributed by atoms with Crippen LogP contribution in [0.4, 0.5) is 22.0 Å². The molecular weight excluding hydrogens is 391 g/mol. The average Bonchev–Trinajstić information content (AvgIpc) is 2.65. The molecule has 29 heavy (non-hydrogen) atoms. The molecule has 0 fully saturated rings. The monoisotopic (exact) mass is 402 g/mol. The van der Waals surface area contributed by atoms with Gasteiger partial charge in [0.25, 0.3) is 0 Å². The van der Waals surface area contributed by atoms with Crippen LogP contribution in [0, 0.1) is 47.9 Å². The van der Waals surface area contributed by atoms with Crippen molar-refractivity contribution in [3.05, 3.63) is 99.9 Å². The molecule has 3 aromatic carbocycles. The number of rotatable bonds is 2. The number of halogens is 5. The predicted molar refractivity (Wildman–Crippen MR) is 94.8 cm³/mol. The normalized spacial score (nSPS) is 10.3. The summed E-state index contributed by atoms with van der Waals surface area (Å²) in [7, 11) is 0. The van der Waals surface area contributed by atoms with E-state index in [4.69, 9.17) is 4.74 Å². The highest BCUT2D eigenvalue weighted by atomic mass is 19.2. The third-order valence-corrected chi connectivity index (χ3v) is 3.81. The first kappa shape index (κ1) is 20.1. The number of aryl methyl sites for hydroxylation is 1. The topological polar surface area (TPSA) is 26.3 Å². The van der Waals surface area contributed by atoms with E-state index < -0.39 is 40.8 Å². The molecule has 0 saturated carbocycles. The van der Waals surface area contributed by atoms with E-state index in [1.165, 1.54) is 24.3 Å². The number of hydrogen-bond donors (Lipinski definition) is 0. The first-order chi connectivity index (χ1) is 13.7. The van der Waals surface area contributed by atoms with E-state index in [-0.39, 0.29) is 11.1 Å². The van der Waals surface area contributed by atoms with Gasteiger partial charge in [-0.1, -0.05) is 11.8 Å². The van der Waals surface area contributed by atoms with Gasteiger partial charge in [0.05, 0.1) is 11.1 Å². The Morgan fingerprint density at radius 3 is 1.90 bits per heavy atom. The van der Waals surface area contributed by atoms with Crippen molar-refractivity contribution in [3.63, 3.8) is 0 Å². The largest absolute Gasteiger partial charge is 0.423 e. The molecule has 0 aromatic heterocycles. The van der Waals surface area contributed by atoms with Gasteiger partial charge in [-0.3, -0.25) is 0 Å². The summed E-state index contributed by atoms with van der Waals surface area (Å²) in [5.74, 6) is -2.69. The minimum Gasteiger partial charge on any atom is -0.423 e. The second-order valence-corrected chi connectivity index (χ2v) is 6.02. The highest BCUT2D eigenvalue weighted by Gasteiger charge is 2.15. The molecule has 0 aliphatic carbocycles. The summed E-state index contributed by atoms with van der Waals surface area (Å²) in [6.45, 7) is 1.55. The van der Waals surface area contributed by atoms with Crippen LogP contribution >= 0.6 is 0 Å². The average molecular weight is 402 g/mol. The van der Waals surface area contributed by atoms with Gasteiger partial charge in [-0.15, -0.1) is 0 Å². The van der Waals surface area contributed by atoms with E-state index in [0.717, 1.165) is 12.1 Å². The van der Waals surface area contributed by atoms with Crippen LogP contribution in [0.25, 0.3) is 0 Å². The minimum atomic E-state index is -1.67. The van der Waals surface area contributed by atoms with Crippen molar-refractivity contribution < 1.29 is 31.5 Å². The third kappa shape index (κ3) is 4.61. The number of esters is 1. The Kier molecular flexibility index (Phi) is 5.64. The molecule has 0 heterocycles. The van der Waals surface area contributed by atoms with E-state index >= 15 is 0 Å². The van der Waals surface area contributed by atoms with Crippen molar-refractivity contribution in [2.75, 3.05) is 0 Å². The summed E-state index contributed by atoms with van der Waals surface area (Å²) in [6.07, 6.45) is 0. The van der Waals surface area contributed by atoms with Gasteiger partial charge in [0.2, 0.25) is 0 Å². The van der Waals surface area contributed by atoms with Gasteiger partial charge in [-0.2, -0.15) is 0 Å². The lowest BCUT2D eigenvalue weighted by Gasteiger charge is -2.05. The standard InChI is InChI=1S/C22H11F5O2/c1-12-8-17(23)16(18(24)9-12)7-4-13-2-5-14(6-3-13)22(28)29-15-10-19(25)21(27)20(26)11-15/h2-3,5-6,8-11H,1H3. The number of carbonyl (C=O) groups excluding carboxylic acids is 1. The zero-order valence-corrected chi connectivity index (χ0v) is 14.8. The summed E-state index contributed by atoms with van der Waals surface area (Å²) in [4.78, 5) is 12.0. The van der Waals surface area contributed by atoms with E-state index in [2.05, 4.69) is 11.8 Å². The van der Waals surface area contributed by atoms with Crippen molar-refractivity contribution in [1.29, 1.82) is 0 Å². The Morgan fingerprint density at radius 2 is 1.34 bits per heavy atom. The van der Waals surface area contributed by atoms with Crippen LogP contribution in [0.2, 0.25) is 0 Å². The van der Waals surface area contributed by atoms with E-state index in [1.807, 2.05) is 0 Å². The van der Waals surface area contributed by atoms with Gasteiger partial charge < -0.3 is 4.74 Å². The smallest absolute Gasteiger partial charge is 0.343 e. The van der Waals surface area contributed by atoms with E-state index in [9.17, 15) is 26.7 Å². The number of carbonyl (C=O) groups is 1. The number of benzene rings is 3. The highest BCUT2D eigenvalue weighted by Crippen LogP contribution is 2.20. The van der Waals surface area contributed by atoms with E-state index in [0.29, 0.717) is 23.3 Å². The molecule has 0 radical (unpaired) electrons. The number of hydrogen-bond acceptors (Lipinski definition) is 2. The van der Waals surface area contributed by atoms with Gasteiger partial charge in [0, 0.05) is 17.7 Å². The molecule has 0 aliphatic rings. The molecule has 3 aromatic rings. The molecule has 0 saturated heterocycles. The first-order valence-electron chi connectivity index (χ1n) is 8.19. The van der Waals surface area contributed by atoms with Crippen molar-refractivity contribution in [2.24, 2.45) is 0 Å². The summed E-state index contributed by atoms with van der Waals surface area (Å²) in [5.41, 5.74) is 0.432. The molecule has 146 valence electrons. The summed E-state index contributed by atoms with van der Waals surface area (Å²) >= 11 is 0. The van der Waals surface area contributed by atoms with Crippen LogP contribution in [0.5, 0.6) is 5.75 Å². The Morgan fingerprint density at radius 1 is 0.793 bits per heavy atom. The summed E-state index contributed by atoms with van der Waals surface area (Å²) in [6, 6.07) is 8.83. The van der Waals surface area contributed by atoms with Gasteiger partial charge in [-0.25, -0.2) is 26.7 Å². The quantitative estimate of drug-likeness (QED) is 0.191. The molecule has 3 rings (SSSR count). The minimum absolute atomic E-state index is 0.0217. The lowest BCUT2D eigenvalue weighted by Crippen LogP contribution is -2.09. The maximum Gasteiger partial charge on any atom is 0.343 e. The van der Waals surface area contributed by atoms with Crippen LogP contribution in [0.3, 0.4) is 0 Å². The van der Waals surface area contributed by atoms with Gasteiger partial charge >= 0.3 is 5.97 Å². The molecule has 0 N–H and O–H groups in total. The molecular formula is C22H11F5O2. The molecule has 0 spiro atoms. The molecule has 0 bridgehead atoms. The SMILES string of the molecule is Cc1cc(F)c(C#Cc2ccc(C(=O)Oc3cc(F)c(F)c(F)c3)cc2)c(F)c1. The Bertz CT molecular complexity index is 1110. The van der Waals surface area contributed by atoms with Crippen LogP contribution in [-0.4, -0.2) is 5.97 Å². The van der Waals surface area contributed by atoms with Crippen molar-refractivity contribution in [3.8, 4) is 17.6 Å². The lowest BCUT2D eigenvalue weighted by atomic mass is 10.1. The second kappa shape index (κ2) is 8.15. The van der Waals surface area contributed by atoms with E-state index in [1.54, 1.807) is 6.92 Å². The van der Waals surface area contributed by atoms with Gasteiger partial charge in [0.1, 0.15) is 17.4 Å². The molecule has 2 nitrogen and oxygen atoms in total. The van der Waals surface area contributed by atoms with Crippen molar-refractivity contribution in [1.82, 2.24) is 0 Å². The Labute approximate surface area is 162 Å². The Balaban J connectivity index is 1.77. The van der Waals surface area contributed by atoms with Gasteiger partial charge in [0.15, 0.2) is 17.5 Å². The fourth-order valence-corrected chi connectivity index (χ4v) is 2.40.